The summed E-state index contributed by atoms with van der Waals surface area (Å²) < 4.78 is 0. The molecule has 2 aromatic carbocycles. The molecule has 4 nitrogen and oxygen atoms in total. The average Bonchev–Trinajstić information content (AvgIpc) is 2.54. The fourth-order valence-corrected chi connectivity index (χ4v) is 1.85. The third-order valence-electron chi connectivity index (χ3n) is 2.84. The van der Waals surface area contributed by atoms with E-state index in [9.17, 15) is 10.5 Å². The SMILES string of the molecule is N#CC(C#N)(Cc1ccc(Cl)cc1)N=Nc1ccccc1. The summed E-state index contributed by atoms with van der Waals surface area (Å²) in [5.41, 5.74) is -0.137. The van der Waals surface area contributed by atoms with Crippen LogP contribution in [0, 0.1) is 22.7 Å². The van der Waals surface area contributed by atoms with Gasteiger partial charge in [-0.15, -0.1) is 0 Å². The van der Waals surface area contributed by atoms with Crippen molar-refractivity contribution in [2.75, 3.05) is 0 Å². The molecule has 0 N–H and O–H groups in total. The van der Waals surface area contributed by atoms with Gasteiger partial charge < -0.3 is 0 Å². The van der Waals surface area contributed by atoms with Crippen LogP contribution < -0.4 is 0 Å². The van der Waals surface area contributed by atoms with Crippen LogP contribution in [0.25, 0.3) is 0 Å². The number of hydrogen-bond acceptors (Lipinski definition) is 4. The summed E-state index contributed by atoms with van der Waals surface area (Å²) in [6.07, 6.45) is 0.160. The fourth-order valence-electron chi connectivity index (χ4n) is 1.72. The number of benzene rings is 2. The van der Waals surface area contributed by atoms with Crippen molar-refractivity contribution in [3.05, 3.63) is 65.2 Å². The fraction of sp³-hybridized carbons (Fsp3) is 0.125. The topological polar surface area (TPSA) is 72.3 Å². The van der Waals surface area contributed by atoms with E-state index >= 15 is 0 Å². The minimum Gasteiger partial charge on any atom is -0.194 e. The third kappa shape index (κ3) is 3.89. The number of halogens is 1. The molecule has 102 valence electrons. The van der Waals surface area contributed by atoms with Crippen molar-refractivity contribution in [2.45, 2.75) is 12.0 Å². The van der Waals surface area contributed by atoms with E-state index in [0.29, 0.717) is 10.7 Å². The molecule has 0 saturated carbocycles. The number of nitrogens with zero attached hydrogens (tertiary/aromatic N) is 4. The van der Waals surface area contributed by atoms with Crippen LogP contribution in [-0.4, -0.2) is 5.54 Å². The molecule has 0 aliphatic rings. The molecule has 0 bridgehead atoms. The first-order valence-corrected chi connectivity index (χ1v) is 6.60. The molecule has 0 unspecified atom stereocenters. The van der Waals surface area contributed by atoms with E-state index in [2.05, 4.69) is 10.2 Å². The Morgan fingerprint density at radius 1 is 0.952 bits per heavy atom. The van der Waals surface area contributed by atoms with Crippen molar-refractivity contribution in [2.24, 2.45) is 10.2 Å². The van der Waals surface area contributed by atoms with Gasteiger partial charge in [-0.05, 0) is 29.8 Å². The van der Waals surface area contributed by atoms with Gasteiger partial charge in [0.2, 0.25) is 0 Å². The standard InChI is InChI=1S/C16H11ClN4/c17-14-8-6-13(7-9-14)10-16(11-18,12-19)21-20-15-4-2-1-3-5-15/h1-9H,10H2. The maximum atomic E-state index is 9.32. The van der Waals surface area contributed by atoms with Gasteiger partial charge in [-0.25, -0.2) is 0 Å². The molecule has 21 heavy (non-hydrogen) atoms. The molecule has 0 spiro atoms. The smallest absolute Gasteiger partial charge is 0.194 e. The highest BCUT2D eigenvalue weighted by atomic mass is 35.5. The van der Waals surface area contributed by atoms with Gasteiger partial charge in [0, 0.05) is 11.4 Å². The van der Waals surface area contributed by atoms with Gasteiger partial charge in [0.05, 0.1) is 5.69 Å². The molecule has 0 aliphatic carbocycles. The summed E-state index contributed by atoms with van der Waals surface area (Å²) >= 11 is 5.82. The maximum absolute atomic E-state index is 9.32. The lowest BCUT2D eigenvalue weighted by Crippen LogP contribution is -2.24. The number of azo groups is 1. The second kappa shape index (κ2) is 6.65. The van der Waals surface area contributed by atoms with Gasteiger partial charge in [0.15, 0.2) is 0 Å². The number of hydrogen-bond donors (Lipinski definition) is 0. The minimum atomic E-state index is -1.54. The van der Waals surface area contributed by atoms with Gasteiger partial charge >= 0.3 is 0 Å². The van der Waals surface area contributed by atoms with Crippen molar-refractivity contribution in [1.29, 1.82) is 10.5 Å². The van der Waals surface area contributed by atoms with Crippen LogP contribution in [-0.2, 0) is 6.42 Å². The zero-order valence-electron chi connectivity index (χ0n) is 11.1. The van der Waals surface area contributed by atoms with Crippen molar-refractivity contribution in [3.63, 3.8) is 0 Å². The minimum absolute atomic E-state index is 0.160. The third-order valence-corrected chi connectivity index (χ3v) is 3.09. The lowest BCUT2D eigenvalue weighted by molar-refractivity contribution is 0.645. The molecule has 0 atom stereocenters. The van der Waals surface area contributed by atoms with E-state index < -0.39 is 5.54 Å². The highest BCUT2D eigenvalue weighted by Gasteiger charge is 2.30. The van der Waals surface area contributed by atoms with Crippen molar-refractivity contribution in [3.8, 4) is 12.1 Å². The van der Waals surface area contributed by atoms with Crippen LogP contribution in [0.4, 0.5) is 5.69 Å². The Hall–Kier alpha value is -2.69. The van der Waals surface area contributed by atoms with E-state index in [0.717, 1.165) is 5.56 Å². The Morgan fingerprint density at radius 3 is 2.14 bits per heavy atom. The Bertz CT molecular complexity index is 695. The quantitative estimate of drug-likeness (QED) is 0.781. The Kier molecular flexibility index (Phi) is 4.66. The Morgan fingerprint density at radius 2 is 1.57 bits per heavy atom. The molecular formula is C16H11ClN4. The summed E-state index contributed by atoms with van der Waals surface area (Å²) in [7, 11) is 0. The van der Waals surface area contributed by atoms with Crippen molar-refractivity contribution >= 4 is 17.3 Å². The van der Waals surface area contributed by atoms with Crippen LogP contribution >= 0.6 is 11.6 Å². The van der Waals surface area contributed by atoms with Crippen LogP contribution in [0.5, 0.6) is 0 Å². The zero-order valence-corrected chi connectivity index (χ0v) is 11.8. The number of rotatable bonds is 4. The molecular weight excluding hydrogens is 284 g/mol. The predicted molar refractivity (Wildman–Crippen MR) is 80.1 cm³/mol. The molecule has 2 rings (SSSR count). The van der Waals surface area contributed by atoms with E-state index in [1.54, 1.807) is 36.4 Å². The monoisotopic (exact) mass is 294 g/mol. The summed E-state index contributed by atoms with van der Waals surface area (Å²) in [6, 6.07) is 19.8. The summed E-state index contributed by atoms with van der Waals surface area (Å²) in [6.45, 7) is 0. The number of nitriles is 2. The van der Waals surface area contributed by atoms with E-state index in [1.807, 2.05) is 30.3 Å². The molecule has 0 aromatic heterocycles. The van der Waals surface area contributed by atoms with Crippen molar-refractivity contribution < 1.29 is 0 Å². The molecule has 5 heteroatoms. The molecule has 0 saturated heterocycles. The van der Waals surface area contributed by atoms with Gasteiger partial charge in [0.1, 0.15) is 12.1 Å². The Balaban J connectivity index is 2.25. The van der Waals surface area contributed by atoms with Gasteiger partial charge in [-0.2, -0.15) is 20.8 Å². The summed E-state index contributed by atoms with van der Waals surface area (Å²) in [5.74, 6) is 0. The van der Waals surface area contributed by atoms with E-state index in [4.69, 9.17) is 11.6 Å². The zero-order chi connectivity index (χ0) is 15.1. The van der Waals surface area contributed by atoms with Gasteiger partial charge in [0.25, 0.3) is 5.54 Å². The first kappa shape index (κ1) is 14.7. The molecule has 0 radical (unpaired) electrons. The van der Waals surface area contributed by atoms with Gasteiger partial charge in [-0.3, -0.25) is 0 Å². The van der Waals surface area contributed by atoms with Gasteiger partial charge in [-0.1, -0.05) is 41.9 Å². The molecule has 0 amide bonds. The molecule has 0 heterocycles. The van der Waals surface area contributed by atoms with E-state index in [-0.39, 0.29) is 6.42 Å². The van der Waals surface area contributed by atoms with Crippen LogP contribution in [0.3, 0.4) is 0 Å². The first-order valence-electron chi connectivity index (χ1n) is 6.22. The van der Waals surface area contributed by atoms with Crippen molar-refractivity contribution in [1.82, 2.24) is 0 Å². The highest BCUT2D eigenvalue weighted by Crippen LogP contribution is 2.21. The molecule has 0 fully saturated rings. The molecule has 2 aromatic rings. The summed E-state index contributed by atoms with van der Waals surface area (Å²) in [5, 5.41) is 27.2. The van der Waals surface area contributed by atoms with Crippen LogP contribution in [0.15, 0.2) is 64.8 Å². The second-order valence-electron chi connectivity index (χ2n) is 4.42. The lowest BCUT2D eigenvalue weighted by Gasteiger charge is -2.12. The highest BCUT2D eigenvalue weighted by molar-refractivity contribution is 6.30. The lowest BCUT2D eigenvalue weighted by atomic mass is 9.95. The Labute approximate surface area is 127 Å². The largest absolute Gasteiger partial charge is 0.256 e. The average molecular weight is 295 g/mol. The van der Waals surface area contributed by atoms with Crippen LogP contribution in [0.2, 0.25) is 5.02 Å². The van der Waals surface area contributed by atoms with E-state index in [1.165, 1.54) is 0 Å². The first-order chi connectivity index (χ1) is 10.2. The second-order valence-corrected chi connectivity index (χ2v) is 4.86. The predicted octanol–water partition coefficient (Wildman–Crippen LogP) is 4.45. The molecule has 0 aliphatic heterocycles. The summed E-state index contributed by atoms with van der Waals surface area (Å²) in [4.78, 5) is 0. The maximum Gasteiger partial charge on any atom is 0.256 e. The van der Waals surface area contributed by atoms with Crippen LogP contribution in [0.1, 0.15) is 5.56 Å². The normalized spacial score (nSPS) is 11.0.